The van der Waals surface area contributed by atoms with Gasteiger partial charge in [-0.05, 0) is 12.5 Å². The lowest BCUT2D eigenvalue weighted by Gasteiger charge is -2.38. The molecule has 1 aromatic rings. The first-order valence-electron chi connectivity index (χ1n) is 7.51. The van der Waals surface area contributed by atoms with Gasteiger partial charge in [-0.25, -0.2) is 13.6 Å². The van der Waals surface area contributed by atoms with Crippen molar-refractivity contribution in [3.63, 3.8) is 0 Å². The highest BCUT2D eigenvalue weighted by Crippen LogP contribution is 2.26. The van der Waals surface area contributed by atoms with E-state index in [-0.39, 0.29) is 23.4 Å². The number of rotatable bonds is 4. The van der Waals surface area contributed by atoms with Crippen LogP contribution in [0.2, 0.25) is 5.02 Å². The van der Waals surface area contributed by atoms with Crippen LogP contribution in [0, 0.1) is 11.6 Å². The number of aliphatic hydroxyl groups is 1. The molecule has 0 radical (unpaired) electrons. The van der Waals surface area contributed by atoms with Crippen molar-refractivity contribution in [3.8, 4) is 0 Å². The van der Waals surface area contributed by atoms with E-state index in [9.17, 15) is 18.7 Å². The van der Waals surface area contributed by atoms with Crippen molar-refractivity contribution < 1.29 is 18.7 Å². The smallest absolute Gasteiger partial charge is 0.322 e. The number of urea groups is 1. The van der Waals surface area contributed by atoms with E-state index < -0.39 is 17.7 Å². The molecule has 0 saturated carbocycles. The second-order valence-electron chi connectivity index (χ2n) is 5.44. The molecule has 1 aliphatic rings. The normalized spacial score (nSPS) is 17.2. The summed E-state index contributed by atoms with van der Waals surface area (Å²) in [5.74, 6) is -1.71. The number of hydrogen-bond donors (Lipinski definition) is 2. The molecule has 1 unspecified atom stereocenters. The molecule has 2 N–H and O–H groups in total. The van der Waals surface area contributed by atoms with Gasteiger partial charge >= 0.3 is 6.03 Å². The third kappa shape index (κ3) is 4.31. The van der Waals surface area contributed by atoms with Gasteiger partial charge in [0.15, 0.2) is 5.82 Å². The van der Waals surface area contributed by atoms with E-state index in [1.807, 2.05) is 6.92 Å². The Balaban J connectivity index is 1.96. The van der Waals surface area contributed by atoms with Crippen molar-refractivity contribution in [2.45, 2.75) is 19.4 Å². The average molecular weight is 348 g/mol. The number of nitrogens with one attached hydrogen (secondary N) is 1. The minimum atomic E-state index is -0.909. The summed E-state index contributed by atoms with van der Waals surface area (Å²) in [5.41, 5.74) is -0.220. The van der Waals surface area contributed by atoms with Crippen molar-refractivity contribution >= 4 is 23.3 Å². The second-order valence-corrected chi connectivity index (χ2v) is 5.85. The number of aliphatic hydroxyl groups excluding tert-OH is 1. The lowest BCUT2D eigenvalue weighted by Crippen LogP contribution is -2.53. The molecule has 2 amide bonds. The van der Waals surface area contributed by atoms with Crippen LogP contribution in [0.1, 0.15) is 13.3 Å². The standard InChI is InChI=1S/C15H20ClF2N3O2/c1-2-11(9-22)20-3-5-21(6-4-20)15(23)19-14-12(16)7-10(17)8-13(14)18/h7-8,11,22H,2-6,9H2,1H3,(H,19,23). The fraction of sp³-hybridized carbons (Fsp3) is 0.533. The molecule has 5 nitrogen and oxygen atoms in total. The SMILES string of the molecule is CCC(CO)N1CCN(C(=O)Nc2c(F)cc(F)cc2Cl)CC1. The van der Waals surface area contributed by atoms with Crippen molar-refractivity contribution in [2.75, 3.05) is 38.1 Å². The first kappa shape index (κ1) is 17.9. The van der Waals surface area contributed by atoms with Crippen LogP contribution >= 0.6 is 11.6 Å². The van der Waals surface area contributed by atoms with E-state index in [2.05, 4.69) is 10.2 Å². The van der Waals surface area contributed by atoms with E-state index in [1.54, 1.807) is 4.90 Å². The zero-order chi connectivity index (χ0) is 17.0. The number of amides is 2. The molecular weight excluding hydrogens is 328 g/mol. The van der Waals surface area contributed by atoms with E-state index in [4.69, 9.17) is 11.6 Å². The van der Waals surface area contributed by atoms with E-state index >= 15 is 0 Å². The third-order valence-corrected chi connectivity index (χ3v) is 4.34. The van der Waals surface area contributed by atoms with Crippen LogP contribution in [-0.4, -0.2) is 59.8 Å². The highest BCUT2D eigenvalue weighted by molar-refractivity contribution is 6.33. The Morgan fingerprint density at radius 2 is 2.00 bits per heavy atom. The molecular formula is C15H20ClF2N3O2. The number of nitrogens with zero attached hydrogens (tertiary/aromatic N) is 2. The minimum Gasteiger partial charge on any atom is -0.395 e. The molecule has 1 saturated heterocycles. The Bertz CT molecular complexity index is 539. The van der Waals surface area contributed by atoms with Gasteiger partial charge in [0.1, 0.15) is 5.82 Å². The third-order valence-electron chi connectivity index (χ3n) is 4.04. The van der Waals surface area contributed by atoms with Crippen molar-refractivity contribution in [2.24, 2.45) is 0 Å². The quantitative estimate of drug-likeness (QED) is 0.880. The van der Waals surface area contributed by atoms with Crippen LogP contribution in [0.3, 0.4) is 0 Å². The maximum atomic E-state index is 13.7. The fourth-order valence-corrected chi connectivity index (χ4v) is 2.88. The number of carbonyl (C=O) groups is 1. The number of hydrogen-bond acceptors (Lipinski definition) is 3. The van der Waals surface area contributed by atoms with Crippen molar-refractivity contribution in [1.29, 1.82) is 0 Å². The van der Waals surface area contributed by atoms with Gasteiger partial charge in [-0.2, -0.15) is 0 Å². The number of benzene rings is 1. The summed E-state index contributed by atoms with van der Waals surface area (Å²) in [4.78, 5) is 15.9. The van der Waals surface area contributed by atoms with E-state index in [1.165, 1.54) is 0 Å². The van der Waals surface area contributed by atoms with Gasteiger partial charge in [0.05, 0.1) is 17.3 Å². The summed E-state index contributed by atoms with van der Waals surface area (Å²) in [5, 5.41) is 11.5. The first-order valence-corrected chi connectivity index (χ1v) is 7.89. The molecule has 0 spiro atoms. The molecule has 1 atom stereocenters. The van der Waals surface area contributed by atoms with Crippen LogP contribution < -0.4 is 5.32 Å². The molecule has 23 heavy (non-hydrogen) atoms. The molecule has 1 fully saturated rings. The minimum absolute atomic E-state index is 0.0824. The summed E-state index contributed by atoms with van der Waals surface area (Å²) in [6.45, 7) is 4.27. The summed E-state index contributed by atoms with van der Waals surface area (Å²) >= 11 is 5.77. The number of halogens is 3. The van der Waals surface area contributed by atoms with Crippen molar-refractivity contribution in [3.05, 3.63) is 28.8 Å². The molecule has 0 aliphatic carbocycles. The maximum absolute atomic E-state index is 13.7. The van der Waals surface area contributed by atoms with Gasteiger partial charge in [-0.1, -0.05) is 18.5 Å². The van der Waals surface area contributed by atoms with Crippen LogP contribution in [0.15, 0.2) is 12.1 Å². The van der Waals surface area contributed by atoms with Crippen LogP contribution in [0.4, 0.5) is 19.3 Å². The monoisotopic (exact) mass is 347 g/mol. The molecule has 1 aliphatic heterocycles. The average Bonchev–Trinajstić information content (AvgIpc) is 2.52. The van der Waals surface area contributed by atoms with Gasteiger partial charge in [-0.3, -0.25) is 4.90 Å². The maximum Gasteiger partial charge on any atom is 0.322 e. The summed E-state index contributed by atoms with van der Waals surface area (Å²) in [6, 6.07) is 1.23. The Morgan fingerprint density at radius 3 is 2.52 bits per heavy atom. The molecule has 1 heterocycles. The molecule has 1 aromatic carbocycles. The topological polar surface area (TPSA) is 55.8 Å². The largest absolute Gasteiger partial charge is 0.395 e. The van der Waals surface area contributed by atoms with Gasteiger partial charge in [0.2, 0.25) is 0 Å². The lowest BCUT2D eigenvalue weighted by molar-refractivity contribution is 0.0765. The highest BCUT2D eigenvalue weighted by atomic mass is 35.5. The van der Waals surface area contributed by atoms with Crippen LogP contribution in [-0.2, 0) is 0 Å². The first-order chi connectivity index (χ1) is 11.0. The fourth-order valence-electron chi connectivity index (χ4n) is 2.64. The molecule has 128 valence electrons. The number of carbonyl (C=O) groups excluding carboxylic acids is 1. The number of piperazine rings is 1. The Hall–Kier alpha value is -1.44. The summed E-state index contributed by atoms with van der Waals surface area (Å²) < 4.78 is 26.7. The van der Waals surface area contributed by atoms with Crippen molar-refractivity contribution in [1.82, 2.24) is 9.80 Å². The van der Waals surface area contributed by atoms with E-state index in [0.29, 0.717) is 32.2 Å². The van der Waals surface area contributed by atoms with Gasteiger partial charge in [0.25, 0.3) is 0 Å². The summed E-state index contributed by atoms with van der Waals surface area (Å²) in [7, 11) is 0. The van der Waals surface area contributed by atoms with Gasteiger partial charge in [-0.15, -0.1) is 0 Å². The number of anilines is 1. The Kier molecular flexibility index (Phi) is 6.15. The highest BCUT2D eigenvalue weighted by Gasteiger charge is 2.25. The van der Waals surface area contributed by atoms with E-state index in [0.717, 1.165) is 12.5 Å². The molecule has 2 rings (SSSR count). The Labute approximate surface area is 138 Å². The summed E-state index contributed by atoms with van der Waals surface area (Å²) in [6.07, 6.45) is 0.832. The molecule has 8 heteroatoms. The predicted molar refractivity (Wildman–Crippen MR) is 84.7 cm³/mol. The lowest BCUT2D eigenvalue weighted by atomic mass is 10.2. The van der Waals surface area contributed by atoms with Gasteiger partial charge < -0.3 is 15.3 Å². The van der Waals surface area contributed by atoms with Crippen LogP contribution in [0.5, 0.6) is 0 Å². The zero-order valence-electron chi connectivity index (χ0n) is 12.9. The molecule has 0 aromatic heterocycles. The second kappa shape index (κ2) is 7.90. The predicted octanol–water partition coefficient (Wildman–Crippen LogP) is 2.54. The zero-order valence-corrected chi connectivity index (χ0v) is 13.6. The Morgan fingerprint density at radius 1 is 1.35 bits per heavy atom. The van der Waals surface area contributed by atoms with Crippen LogP contribution in [0.25, 0.3) is 0 Å². The van der Waals surface area contributed by atoms with Gasteiger partial charge in [0, 0.05) is 38.3 Å². The molecule has 0 bridgehead atoms.